The largest absolute Gasteiger partial charge is 0.424 e. The summed E-state index contributed by atoms with van der Waals surface area (Å²) >= 11 is 0. The zero-order valence-corrected chi connectivity index (χ0v) is 23.3. The average molecular weight is 502 g/mol. The van der Waals surface area contributed by atoms with E-state index < -0.39 is 5.41 Å². The SMILES string of the molecule is CCCCCCCc1ccc(C2(C(=O)Oc3ccc(CCCCCCC)cc3C#N)CCCCC2)cc1. The van der Waals surface area contributed by atoms with Gasteiger partial charge < -0.3 is 4.74 Å². The normalized spacial score (nSPS) is 14.7. The van der Waals surface area contributed by atoms with Crippen LogP contribution in [0.2, 0.25) is 0 Å². The molecular formula is C34H47NO2. The summed E-state index contributed by atoms with van der Waals surface area (Å²) in [6.07, 6.45) is 19.4. The maximum absolute atomic E-state index is 13.7. The fraction of sp³-hybridized carbons (Fsp3) is 0.588. The van der Waals surface area contributed by atoms with Crippen molar-refractivity contribution < 1.29 is 9.53 Å². The smallest absolute Gasteiger partial charge is 0.321 e. The van der Waals surface area contributed by atoms with Gasteiger partial charge in [0, 0.05) is 0 Å². The standard InChI is InChI=1S/C34H47NO2/c1-3-5-7-9-12-16-28-18-21-31(22-19-28)34(24-14-11-15-25-34)33(36)37-32-23-20-29(26-30(32)27-35)17-13-10-8-6-4-2/h18-23,26H,3-17,24-25H2,1-2H3. The molecule has 0 unspecified atom stereocenters. The maximum atomic E-state index is 13.7. The van der Waals surface area contributed by atoms with Crippen LogP contribution in [0.5, 0.6) is 5.75 Å². The molecule has 0 N–H and O–H groups in total. The highest BCUT2D eigenvalue weighted by molar-refractivity contribution is 5.85. The Labute approximate surface area is 225 Å². The monoisotopic (exact) mass is 501 g/mol. The number of unbranched alkanes of at least 4 members (excludes halogenated alkanes) is 8. The van der Waals surface area contributed by atoms with E-state index in [9.17, 15) is 10.1 Å². The lowest BCUT2D eigenvalue weighted by Gasteiger charge is -2.35. The van der Waals surface area contributed by atoms with E-state index in [1.165, 1.54) is 63.4 Å². The van der Waals surface area contributed by atoms with Crippen LogP contribution in [0.15, 0.2) is 42.5 Å². The molecule has 0 bridgehead atoms. The number of nitriles is 1. The summed E-state index contributed by atoms with van der Waals surface area (Å²) < 4.78 is 6.02. The maximum Gasteiger partial charge on any atom is 0.321 e. The molecule has 0 aliphatic heterocycles. The van der Waals surface area contributed by atoms with Gasteiger partial charge in [0.25, 0.3) is 0 Å². The Morgan fingerprint density at radius 2 is 1.35 bits per heavy atom. The second-order valence-electron chi connectivity index (χ2n) is 11.0. The second kappa shape index (κ2) is 15.6. The van der Waals surface area contributed by atoms with E-state index in [0.29, 0.717) is 11.3 Å². The lowest BCUT2D eigenvalue weighted by atomic mass is 9.69. The highest BCUT2D eigenvalue weighted by Crippen LogP contribution is 2.41. The molecule has 0 aromatic heterocycles. The van der Waals surface area contributed by atoms with Gasteiger partial charge in [-0.2, -0.15) is 5.26 Å². The van der Waals surface area contributed by atoms with E-state index >= 15 is 0 Å². The first-order valence-electron chi connectivity index (χ1n) is 15.0. The van der Waals surface area contributed by atoms with Crippen molar-refractivity contribution in [3.8, 4) is 11.8 Å². The lowest BCUT2D eigenvalue weighted by molar-refractivity contribution is -0.142. The number of nitrogens with zero attached hydrogens (tertiary/aromatic N) is 1. The fourth-order valence-corrected chi connectivity index (χ4v) is 5.73. The predicted molar refractivity (Wildman–Crippen MR) is 153 cm³/mol. The van der Waals surface area contributed by atoms with Gasteiger partial charge in [0.2, 0.25) is 0 Å². The van der Waals surface area contributed by atoms with E-state index in [1.807, 2.05) is 18.2 Å². The summed E-state index contributed by atoms with van der Waals surface area (Å²) in [6.45, 7) is 4.47. The highest BCUT2D eigenvalue weighted by Gasteiger charge is 2.43. The van der Waals surface area contributed by atoms with Crippen LogP contribution in [0.1, 0.15) is 132 Å². The second-order valence-corrected chi connectivity index (χ2v) is 11.0. The van der Waals surface area contributed by atoms with E-state index in [-0.39, 0.29) is 5.97 Å². The molecule has 0 amide bonds. The van der Waals surface area contributed by atoms with Crippen LogP contribution < -0.4 is 4.74 Å². The van der Waals surface area contributed by atoms with Gasteiger partial charge in [0.1, 0.15) is 11.8 Å². The summed E-state index contributed by atoms with van der Waals surface area (Å²) in [4.78, 5) is 13.7. The van der Waals surface area contributed by atoms with Gasteiger partial charge in [0.05, 0.1) is 11.0 Å². The minimum atomic E-state index is -0.622. The van der Waals surface area contributed by atoms with E-state index in [4.69, 9.17) is 4.74 Å². The molecule has 1 saturated carbocycles. The van der Waals surface area contributed by atoms with Gasteiger partial charge in [-0.15, -0.1) is 0 Å². The molecule has 3 nitrogen and oxygen atoms in total. The predicted octanol–water partition coefficient (Wildman–Crippen LogP) is 9.39. The van der Waals surface area contributed by atoms with Crippen LogP contribution in [0, 0.1) is 11.3 Å². The molecule has 0 spiro atoms. The molecule has 1 fully saturated rings. The summed E-state index contributed by atoms with van der Waals surface area (Å²) in [7, 11) is 0. The molecule has 0 atom stereocenters. The van der Waals surface area contributed by atoms with Crippen molar-refractivity contribution in [1.29, 1.82) is 5.26 Å². The lowest BCUT2D eigenvalue weighted by Crippen LogP contribution is -2.41. The highest BCUT2D eigenvalue weighted by atomic mass is 16.5. The van der Waals surface area contributed by atoms with Crippen LogP contribution in [0.3, 0.4) is 0 Å². The third kappa shape index (κ3) is 8.46. The molecule has 2 aromatic rings. The molecular weight excluding hydrogens is 454 g/mol. The molecule has 3 heteroatoms. The number of ether oxygens (including phenoxy) is 1. The number of benzene rings is 2. The first kappa shape index (κ1) is 29.0. The Kier molecular flexibility index (Phi) is 12.2. The summed E-state index contributed by atoms with van der Waals surface area (Å²) in [5.74, 6) is 0.194. The van der Waals surface area contributed by atoms with Crippen LogP contribution in [-0.4, -0.2) is 5.97 Å². The van der Waals surface area contributed by atoms with Crippen molar-refractivity contribution in [2.45, 2.75) is 128 Å². The van der Waals surface area contributed by atoms with Crippen molar-refractivity contribution >= 4 is 5.97 Å². The van der Waals surface area contributed by atoms with Gasteiger partial charge in [-0.25, -0.2) is 0 Å². The van der Waals surface area contributed by atoms with Crippen molar-refractivity contribution in [3.05, 3.63) is 64.7 Å². The molecule has 3 rings (SSSR count). The van der Waals surface area contributed by atoms with E-state index in [0.717, 1.165) is 62.5 Å². The van der Waals surface area contributed by atoms with Gasteiger partial charge in [-0.1, -0.05) is 115 Å². The van der Waals surface area contributed by atoms with Gasteiger partial charge in [0.15, 0.2) is 0 Å². The van der Waals surface area contributed by atoms with Gasteiger partial charge >= 0.3 is 5.97 Å². The molecule has 1 aliphatic rings. The Balaban J connectivity index is 1.68. The number of esters is 1. The summed E-state index contributed by atoms with van der Waals surface area (Å²) in [5.41, 5.74) is 3.39. The number of hydrogen-bond donors (Lipinski definition) is 0. The number of rotatable bonds is 15. The quantitative estimate of drug-likeness (QED) is 0.139. The van der Waals surface area contributed by atoms with Crippen LogP contribution >= 0.6 is 0 Å². The minimum absolute atomic E-state index is 0.205. The summed E-state index contributed by atoms with van der Waals surface area (Å²) in [6, 6.07) is 16.7. The Bertz CT molecular complexity index is 995. The third-order valence-corrected chi connectivity index (χ3v) is 8.11. The van der Waals surface area contributed by atoms with Crippen molar-refractivity contribution in [1.82, 2.24) is 0 Å². The Morgan fingerprint density at radius 1 is 0.784 bits per heavy atom. The molecule has 0 saturated heterocycles. The first-order valence-corrected chi connectivity index (χ1v) is 15.0. The van der Waals surface area contributed by atoms with E-state index in [1.54, 1.807) is 0 Å². The van der Waals surface area contributed by atoms with E-state index in [2.05, 4.69) is 44.2 Å². The molecule has 0 radical (unpaired) electrons. The number of aryl methyl sites for hydroxylation is 2. The van der Waals surface area contributed by atoms with Crippen LogP contribution in [-0.2, 0) is 23.1 Å². The van der Waals surface area contributed by atoms with Crippen LogP contribution in [0.25, 0.3) is 0 Å². The Morgan fingerprint density at radius 3 is 1.95 bits per heavy atom. The summed E-state index contributed by atoms with van der Waals surface area (Å²) in [5, 5.41) is 9.80. The Hall–Kier alpha value is -2.60. The number of carbonyl (C=O) groups excluding carboxylic acids is 1. The zero-order valence-electron chi connectivity index (χ0n) is 23.3. The molecule has 2 aromatic carbocycles. The van der Waals surface area contributed by atoms with Gasteiger partial charge in [-0.3, -0.25) is 4.79 Å². The molecule has 0 heterocycles. The molecule has 37 heavy (non-hydrogen) atoms. The number of carbonyl (C=O) groups is 1. The molecule has 1 aliphatic carbocycles. The van der Waals surface area contributed by atoms with Crippen LogP contribution in [0.4, 0.5) is 0 Å². The van der Waals surface area contributed by atoms with Crippen molar-refractivity contribution in [2.75, 3.05) is 0 Å². The molecule has 200 valence electrons. The number of hydrogen-bond acceptors (Lipinski definition) is 3. The first-order chi connectivity index (χ1) is 18.1. The van der Waals surface area contributed by atoms with Crippen molar-refractivity contribution in [2.24, 2.45) is 0 Å². The topological polar surface area (TPSA) is 50.1 Å². The third-order valence-electron chi connectivity index (χ3n) is 8.11. The zero-order chi connectivity index (χ0) is 26.3. The van der Waals surface area contributed by atoms with Crippen molar-refractivity contribution in [3.63, 3.8) is 0 Å². The minimum Gasteiger partial charge on any atom is -0.424 e. The van der Waals surface area contributed by atoms with Gasteiger partial charge in [-0.05, 0) is 67.3 Å². The average Bonchev–Trinajstić information content (AvgIpc) is 2.94. The fourth-order valence-electron chi connectivity index (χ4n) is 5.73.